The maximum atomic E-state index is 13.1. The topological polar surface area (TPSA) is 76.5 Å². The minimum atomic E-state index is -0.318. The number of benzene rings is 2. The monoisotopic (exact) mass is 430 g/mol. The number of nitrogens with one attached hydrogen (secondary N) is 1. The highest BCUT2D eigenvalue weighted by atomic mass is 16.5. The Hall–Kier alpha value is -3.71. The third kappa shape index (κ3) is 5.12. The number of nitrogens with zero attached hydrogens (tertiary/aromatic N) is 3. The van der Waals surface area contributed by atoms with Crippen molar-refractivity contribution in [2.75, 3.05) is 18.4 Å². The van der Waals surface area contributed by atoms with Gasteiger partial charge in [-0.15, -0.1) is 0 Å². The van der Waals surface area contributed by atoms with Crippen LogP contribution in [0.2, 0.25) is 0 Å². The molecule has 0 saturated carbocycles. The lowest BCUT2D eigenvalue weighted by molar-refractivity contribution is -0.111. The van der Waals surface area contributed by atoms with Crippen LogP contribution in [-0.2, 0) is 9.53 Å². The number of carbonyl (C=O) groups is 2. The zero-order valence-electron chi connectivity index (χ0n) is 18.1. The van der Waals surface area contributed by atoms with E-state index in [1.54, 1.807) is 46.1 Å². The zero-order chi connectivity index (χ0) is 22.5. The van der Waals surface area contributed by atoms with E-state index >= 15 is 0 Å². The van der Waals surface area contributed by atoms with E-state index in [2.05, 4.69) is 10.4 Å². The average Bonchev–Trinajstić information content (AvgIpc) is 3.27. The second-order valence-electron chi connectivity index (χ2n) is 7.89. The number of morpholine rings is 1. The summed E-state index contributed by atoms with van der Waals surface area (Å²) < 4.78 is 7.47. The molecule has 1 fully saturated rings. The fraction of sp³-hybridized carbons (Fsp3) is 0.240. The van der Waals surface area contributed by atoms with Crippen LogP contribution in [0.5, 0.6) is 0 Å². The normalized spacial score (nSPS) is 18.6. The van der Waals surface area contributed by atoms with Gasteiger partial charge in [-0.25, -0.2) is 4.68 Å². The smallest absolute Gasteiger partial charge is 0.256 e. The second kappa shape index (κ2) is 9.62. The Morgan fingerprint density at radius 2 is 1.72 bits per heavy atom. The molecule has 0 aliphatic carbocycles. The van der Waals surface area contributed by atoms with Crippen molar-refractivity contribution in [2.24, 2.45) is 0 Å². The molecular formula is C25H26N4O3. The summed E-state index contributed by atoms with van der Waals surface area (Å²) in [7, 11) is 0. The summed E-state index contributed by atoms with van der Waals surface area (Å²) in [4.78, 5) is 27.4. The molecule has 0 radical (unpaired) electrons. The van der Waals surface area contributed by atoms with Gasteiger partial charge in [0.25, 0.3) is 5.91 Å². The van der Waals surface area contributed by atoms with Gasteiger partial charge in [0.2, 0.25) is 5.91 Å². The highest BCUT2D eigenvalue weighted by molar-refractivity contribution is 6.07. The van der Waals surface area contributed by atoms with E-state index < -0.39 is 0 Å². The molecule has 2 heterocycles. The molecule has 2 aromatic carbocycles. The SMILES string of the molecule is CC1CN(C(=O)c2ccccc2NC(=O)/C=C/c2cnn(-c3ccccc3)c2)CC(C)O1. The van der Waals surface area contributed by atoms with Crippen LogP contribution in [0.4, 0.5) is 5.69 Å². The van der Waals surface area contributed by atoms with Gasteiger partial charge >= 0.3 is 0 Å². The molecule has 1 saturated heterocycles. The van der Waals surface area contributed by atoms with Crippen molar-refractivity contribution in [2.45, 2.75) is 26.1 Å². The van der Waals surface area contributed by atoms with Crippen LogP contribution < -0.4 is 5.32 Å². The largest absolute Gasteiger partial charge is 0.372 e. The van der Waals surface area contributed by atoms with Gasteiger partial charge in [-0.1, -0.05) is 30.3 Å². The third-order valence-corrected chi connectivity index (χ3v) is 5.17. The van der Waals surface area contributed by atoms with Gasteiger partial charge < -0.3 is 15.0 Å². The Kier molecular flexibility index (Phi) is 6.47. The first-order valence-corrected chi connectivity index (χ1v) is 10.6. The standard InChI is InChI=1S/C25H26N4O3/c1-18-15-28(16-19(2)32-18)25(31)22-10-6-7-11-23(22)27-24(30)13-12-20-14-26-29(17-20)21-8-4-3-5-9-21/h3-14,17-19H,15-16H2,1-2H3,(H,27,30)/b13-12+. The fourth-order valence-corrected chi connectivity index (χ4v) is 3.78. The van der Waals surface area contributed by atoms with Gasteiger partial charge in [-0.2, -0.15) is 5.10 Å². The van der Waals surface area contributed by atoms with E-state index in [0.29, 0.717) is 24.3 Å². The van der Waals surface area contributed by atoms with Crippen molar-refractivity contribution in [1.29, 1.82) is 0 Å². The summed E-state index contributed by atoms with van der Waals surface area (Å²) in [6, 6.07) is 16.8. The van der Waals surface area contributed by atoms with E-state index in [0.717, 1.165) is 11.3 Å². The molecule has 32 heavy (non-hydrogen) atoms. The van der Waals surface area contributed by atoms with E-state index in [4.69, 9.17) is 4.74 Å². The summed E-state index contributed by atoms with van der Waals surface area (Å²) in [6.07, 6.45) is 6.62. The summed E-state index contributed by atoms with van der Waals surface area (Å²) in [5.41, 5.74) is 2.69. The average molecular weight is 431 g/mol. The van der Waals surface area contributed by atoms with Crippen LogP contribution in [-0.4, -0.2) is 51.8 Å². The van der Waals surface area contributed by atoms with Crippen LogP contribution >= 0.6 is 0 Å². The fourth-order valence-electron chi connectivity index (χ4n) is 3.78. The molecule has 4 rings (SSSR count). The van der Waals surface area contributed by atoms with Gasteiger partial charge in [-0.3, -0.25) is 9.59 Å². The number of hydrogen-bond donors (Lipinski definition) is 1. The van der Waals surface area contributed by atoms with Crippen LogP contribution in [0.15, 0.2) is 73.1 Å². The first kappa shape index (κ1) is 21.5. The molecule has 3 aromatic rings. The van der Waals surface area contributed by atoms with E-state index in [1.165, 1.54) is 6.08 Å². The van der Waals surface area contributed by atoms with E-state index in [-0.39, 0.29) is 24.0 Å². The lowest BCUT2D eigenvalue weighted by Crippen LogP contribution is -2.48. The molecule has 164 valence electrons. The predicted octanol–water partition coefficient (Wildman–Crippen LogP) is 3.77. The summed E-state index contributed by atoms with van der Waals surface area (Å²) in [6.45, 7) is 4.95. The molecule has 1 aromatic heterocycles. The maximum absolute atomic E-state index is 13.1. The van der Waals surface area contributed by atoms with Crippen molar-refractivity contribution in [3.05, 3.63) is 84.2 Å². The molecule has 7 nitrogen and oxygen atoms in total. The molecule has 0 spiro atoms. The van der Waals surface area contributed by atoms with Crippen molar-refractivity contribution < 1.29 is 14.3 Å². The molecule has 1 N–H and O–H groups in total. The van der Waals surface area contributed by atoms with Gasteiger partial charge in [-0.05, 0) is 44.2 Å². The minimum Gasteiger partial charge on any atom is -0.372 e. The van der Waals surface area contributed by atoms with Crippen LogP contribution in [0.3, 0.4) is 0 Å². The van der Waals surface area contributed by atoms with Gasteiger partial charge in [0.15, 0.2) is 0 Å². The van der Waals surface area contributed by atoms with Gasteiger partial charge in [0.05, 0.1) is 35.3 Å². The number of amides is 2. The number of rotatable bonds is 5. The van der Waals surface area contributed by atoms with Crippen LogP contribution in [0.25, 0.3) is 11.8 Å². The van der Waals surface area contributed by atoms with Gasteiger partial charge in [0, 0.05) is 30.9 Å². The highest BCUT2D eigenvalue weighted by Gasteiger charge is 2.27. The number of aromatic nitrogens is 2. The maximum Gasteiger partial charge on any atom is 0.256 e. The van der Waals surface area contributed by atoms with Crippen LogP contribution in [0, 0.1) is 0 Å². The van der Waals surface area contributed by atoms with Crippen LogP contribution in [0.1, 0.15) is 29.8 Å². The molecule has 7 heteroatoms. The molecule has 1 aliphatic heterocycles. The number of para-hydroxylation sites is 2. The summed E-state index contributed by atoms with van der Waals surface area (Å²) in [5, 5.41) is 7.15. The summed E-state index contributed by atoms with van der Waals surface area (Å²) in [5.74, 6) is -0.433. The molecule has 2 unspecified atom stereocenters. The Labute approximate surface area is 187 Å². The van der Waals surface area contributed by atoms with Crippen molar-refractivity contribution >= 4 is 23.6 Å². The summed E-state index contributed by atoms with van der Waals surface area (Å²) >= 11 is 0. The molecule has 2 amide bonds. The van der Waals surface area contributed by atoms with E-state index in [1.807, 2.05) is 50.4 Å². The Balaban J connectivity index is 1.44. The molecule has 0 bridgehead atoms. The lowest BCUT2D eigenvalue weighted by Gasteiger charge is -2.35. The Bertz CT molecular complexity index is 1110. The minimum absolute atomic E-state index is 0.0239. The lowest BCUT2D eigenvalue weighted by atomic mass is 10.1. The second-order valence-corrected chi connectivity index (χ2v) is 7.89. The molecular weight excluding hydrogens is 404 g/mol. The first-order chi connectivity index (χ1) is 15.5. The van der Waals surface area contributed by atoms with E-state index in [9.17, 15) is 9.59 Å². The molecule has 1 aliphatic rings. The molecule has 2 atom stereocenters. The Morgan fingerprint density at radius 3 is 2.47 bits per heavy atom. The van der Waals surface area contributed by atoms with Crippen molar-refractivity contribution in [1.82, 2.24) is 14.7 Å². The highest BCUT2D eigenvalue weighted by Crippen LogP contribution is 2.20. The predicted molar refractivity (Wildman–Crippen MR) is 124 cm³/mol. The first-order valence-electron chi connectivity index (χ1n) is 10.6. The van der Waals surface area contributed by atoms with Crippen molar-refractivity contribution in [3.63, 3.8) is 0 Å². The third-order valence-electron chi connectivity index (χ3n) is 5.17. The quantitative estimate of drug-likeness (QED) is 0.625. The number of anilines is 1. The number of carbonyl (C=O) groups excluding carboxylic acids is 2. The number of hydrogen-bond acceptors (Lipinski definition) is 4. The van der Waals surface area contributed by atoms with Gasteiger partial charge in [0.1, 0.15) is 0 Å². The van der Waals surface area contributed by atoms with Crippen molar-refractivity contribution in [3.8, 4) is 5.69 Å². The zero-order valence-corrected chi connectivity index (χ0v) is 18.1. The number of ether oxygens (including phenoxy) is 1. The Morgan fingerprint density at radius 1 is 1.03 bits per heavy atom.